The number of pyridine rings is 1. The van der Waals surface area contributed by atoms with Crippen LogP contribution in [0.15, 0.2) is 36.7 Å². The highest BCUT2D eigenvalue weighted by Crippen LogP contribution is 2.33. The van der Waals surface area contributed by atoms with E-state index >= 15 is 0 Å². The van der Waals surface area contributed by atoms with E-state index in [4.69, 9.17) is 18.9 Å². The highest BCUT2D eigenvalue weighted by atomic mass is 16.5. The maximum absolute atomic E-state index is 9.73. The molecule has 0 aliphatic carbocycles. The average Bonchev–Trinajstić information content (AvgIpc) is 3.29. The Bertz CT molecular complexity index is 1130. The van der Waals surface area contributed by atoms with Gasteiger partial charge >= 0.3 is 0 Å². The van der Waals surface area contributed by atoms with Crippen LogP contribution >= 0.6 is 0 Å². The minimum atomic E-state index is 0.0890. The number of ether oxygens (including phenoxy) is 4. The highest BCUT2D eigenvalue weighted by molar-refractivity contribution is 5.94. The Morgan fingerprint density at radius 3 is 2.76 bits per heavy atom. The monoisotopic (exact) mass is 448 g/mol. The smallest absolute Gasteiger partial charge is 0.138 e. The van der Waals surface area contributed by atoms with Crippen LogP contribution in [-0.2, 0) is 9.47 Å². The van der Waals surface area contributed by atoms with Gasteiger partial charge in [0.15, 0.2) is 0 Å². The minimum Gasteiger partial charge on any atom is -0.491 e. The molecule has 0 amide bonds. The number of aromatic amines is 1. The van der Waals surface area contributed by atoms with Gasteiger partial charge in [-0.1, -0.05) is 6.07 Å². The van der Waals surface area contributed by atoms with Crippen molar-refractivity contribution in [1.29, 1.82) is 5.26 Å². The second-order valence-electron chi connectivity index (χ2n) is 8.32. The topological polar surface area (TPSA) is 92.6 Å². The summed E-state index contributed by atoms with van der Waals surface area (Å²) in [6.07, 6.45) is 5.44. The molecule has 2 aromatic heterocycles. The zero-order valence-corrected chi connectivity index (χ0v) is 18.6. The number of benzene rings is 1. The molecule has 0 unspecified atom stereocenters. The van der Waals surface area contributed by atoms with Gasteiger partial charge in [0.25, 0.3) is 0 Å². The third-order valence-electron chi connectivity index (χ3n) is 6.16. The summed E-state index contributed by atoms with van der Waals surface area (Å²) in [5.74, 6) is 1.36. The van der Waals surface area contributed by atoms with Gasteiger partial charge in [0.2, 0.25) is 0 Å². The summed E-state index contributed by atoms with van der Waals surface area (Å²) >= 11 is 0. The average molecular weight is 449 g/mol. The first-order valence-corrected chi connectivity index (χ1v) is 11.5. The van der Waals surface area contributed by atoms with E-state index in [-0.39, 0.29) is 6.10 Å². The van der Waals surface area contributed by atoms with Crippen LogP contribution in [0.5, 0.6) is 11.5 Å². The van der Waals surface area contributed by atoms with Crippen LogP contribution in [0.4, 0.5) is 0 Å². The predicted molar refractivity (Wildman–Crippen MR) is 123 cm³/mol. The predicted octanol–water partition coefficient (Wildman–Crippen LogP) is 3.37. The fourth-order valence-corrected chi connectivity index (χ4v) is 4.28. The van der Waals surface area contributed by atoms with Crippen molar-refractivity contribution in [3.05, 3.63) is 42.2 Å². The molecule has 2 aliphatic rings. The van der Waals surface area contributed by atoms with E-state index in [2.05, 4.69) is 20.9 Å². The Labute approximate surface area is 193 Å². The van der Waals surface area contributed by atoms with Crippen LogP contribution in [0.25, 0.3) is 22.2 Å². The second-order valence-corrected chi connectivity index (χ2v) is 8.32. The molecule has 0 spiro atoms. The van der Waals surface area contributed by atoms with Crippen LogP contribution < -0.4 is 9.47 Å². The Morgan fingerprint density at radius 2 is 1.94 bits per heavy atom. The lowest BCUT2D eigenvalue weighted by atomic mass is 10.0. The van der Waals surface area contributed by atoms with Crippen LogP contribution in [-0.4, -0.2) is 73.6 Å². The number of rotatable bonds is 7. The number of morpholine rings is 1. The van der Waals surface area contributed by atoms with Gasteiger partial charge in [-0.2, -0.15) is 5.26 Å². The Hall–Kier alpha value is -3.12. The molecule has 3 aromatic rings. The molecule has 0 bridgehead atoms. The fraction of sp³-hybridized carbons (Fsp3) is 0.440. The van der Waals surface area contributed by atoms with E-state index in [1.165, 1.54) is 0 Å². The maximum Gasteiger partial charge on any atom is 0.138 e. The largest absolute Gasteiger partial charge is 0.491 e. The standard InChI is InChI=1S/C25H28N4O4/c26-15-19-13-18(1-2-24(19)33-20-3-8-30-9-4-20)23-17-28-25-22(23)14-21(16-27-25)32-12-7-29-5-10-31-11-6-29/h1-2,13-14,16-17,20H,3-12H2,(H,27,28). The molecule has 4 heterocycles. The molecule has 1 aromatic carbocycles. The van der Waals surface area contributed by atoms with Crippen molar-refractivity contribution < 1.29 is 18.9 Å². The van der Waals surface area contributed by atoms with Gasteiger partial charge in [0.05, 0.1) is 38.2 Å². The molecule has 0 atom stereocenters. The van der Waals surface area contributed by atoms with Crippen LogP contribution in [0.2, 0.25) is 0 Å². The third kappa shape index (κ3) is 5.11. The number of fused-ring (bicyclic) bond motifs is 1. The van der Waals surface area contributed by atoms with E-state index in [1.807, 2.05) is 30.5 Å². The summed E-state index contributed by atoms with van der Waals surface area (Å²) in [5, 5.41) is 10.7. The molecule has 5 rings (SSSR count). The first-order chi connectivity index (χ1) is 16.3. The van der Waals surface area contributed by atoms with Crippen molar-refractivity contribution in [2.75, 3.05) is 52.7 Å². The molecular formula is C25H28N4O4. The molecular weight excluding hydrogens is 420 g/mol. The summed E-state index contributed by atoms with van der Waals surface area (Å²) < 4.78 is 22.9. The number of nitrogens with zero attached hydrogens (tertiary/aromatic N) is 3. The highest BCUT2D eigenvalue weighted by Gasteiger charge is 2.18. The van der Waals surface area contributed by atoms with Crippen LogP contribution in [0.1, 0.15) is 18.4 Å². The molecule has 0 radical (unpaired) electrons. The number of hydrogen-bond donors (Lipinski definition) is 1. The summed E-state index contributed by atoms with van der Waals surface area (Å²) in [6, 6.07) is 10.0. The first-order valence-electron chi connectivity index (χ1n) is 11.5. The number of nitrogens with one attached hydrogen (secondary N) is 1. The summed E-state index contributed by atoms with van der Waals surface area (Å²) in [7, 11) is 0. The normalized spacial score (nSPS) is 17.7. The van der Waals surface area contributed by atoms with Crippen LogP contribution in [0, 0.1) is 11.3 Å². The zero-order valence-electron chi connectivity index (χ0n) is 18.6. The molecule has 2 fully saturated rings. The Balaban J connectivity index is 1.32. The van der Waals surface area contributed by atoms with Crippen molar-refractivity contribution in [3.63, 3.8) is 0 Å². The number of H-pyrrole nitrogens is 1. The van der Waals surface area contributed by atoms with Gasteiger partial charge in [-0.3, -0.25) is 4.90 Å². The zero-order chi connectivity index (χ0) is 22.5. The molecule has 0 saturated carbocycles. The lowest BCUT2D eigenvalue weighted by Crippen LogP contribution is -2.38. The third-order valence-corrected chi connectivity index (χ3v) is 6.16. The quantitative estimate of drug-likeness (QED) is 0.592. The lowest BCUT2D eigenvalue weighted by Gasteiger charge is -2.26. The van der Waals surface area contributed by atoms with E-state index < -0.39 is 0 Å². The van der Waals surface area contributed by atoms with E-state index in [1.54, 1.807) is 6.20 Å². The molecule has 8 nitrogen and oxygen atoms in total. The number of hydrogen-bond acceptors (Lipinski definition) is 7. The SMILES string of the molecule is N#Cc1cc(-c2c[nH]c3ncc(OCCN4CCOCC4)cc23)ccc1OC1CCOCC1. The molecule has 172 valence electrons. The van der Waals surface area contributed by atoms with Crippen molar-refractivity contribution in [3.8, 4) is 28.7 Å². The molecule has 1 N–H and O–H groups in total. The van der Waals surface area contributed by atoms with Crippen molar-refractivity contribution in [1.82, 2.24) is 14.9 Å². The van der Waals surface area contributed by atoms with Gasteiger partial charge in [-0.25, -0.2) is 4.98 Å². The maximum atomic E-state index is 9.73. The van der Waals surface area contributed by atoms with Gasteiger partial charge in [0, 0.05) is 49.6 Å². The number of aromatic nitrogens is 2. The lowest BCUT2D eigenvalue weighted by molar-refractivity contribution is 0.0254. The fourth-order valence-electron chi connectivity index (χ4n) is 4.28. The summed E-state index contributed by atoms with van der Waals surface area (Å²) in [5.41, 5.74) is 3.22. The summed E-state index contributed by atoms with van der Waals surface area (Å²) in [6.45, 7) is 6.31. The van der Waals surface area contributed by atoms with Crippen molar-refractivity contribution in [2.45, 2.75) is 18.9 Å². The Kier molecular flexibility index (Phi) is 6.72. The van der Waals surface area contributed by atoms with Gasteiger partial charge in [-0.05, 0) is 23.8 Å². The van der Waals surface area contributed by atoms with Crippen LogP contribution in [0.3, 0.4) is 0 Å². The van der Waals surface area contributed by atoms with E-state index in [9.17, 15) is 5.26 Å². The summed E-state index contributed by atoms with van der Waals surface area (Å²) in [4.78, 5) is 10.1. The van der Waals surface area contributed by atoms with Crippen molar-refractivity contribution in [2.24, 2.45) is 0 Å². The molecule has 2 aliphatic heterocycles. The Morgan fingerprint density at radius 1 is 1.12 bits per heavy atom. The van der Waals surface area contributed by atoms with Gasteiger partial charge in [-0.15, -0.1) is 0 Å². The molecule has 2 saturated heterocycles. The molecule has 8 heteroatoms. The number of nitriles is 1. The first kappa shape index (κ1) is 21.7. The van der Waals surface area contributed by atoms with E-state index in [0.717, 1.165) is 73.6 Å². The van der Waals surface area contributed by atoms with Crippen molar-refractivity contribution >= 4 is 11.0 Å². The second kappa shape index (κ2) is 10.2. The minimum absolute atomic E-state index is 0.0890. The van der Waals surface area contributed by atoms with E-state index in [0.29, 0.717) is 31.1 Å². The molecule has 33 heavy (non-hydrogen) atoms. The van der Waals surface area contributed by atoms with Gasteiger partial charge in [0.1, 0.15) is 35.9 Å². The van der Waals surface area contributed by atoms with Gasteiger partial charge < -0.3 is 23.9 Å².